The first-order valence-electron chi connectivity index (χ1n) is 6.74. The Hall–Kier alpha value is -0.740. The molecule has 0 saturated carbocycles. The number of hydrogen-bond donors (Lipinski definition) is 0. The quantitative estimate of drug-likeness (QED) is 0.489. The van der Waals surface area contributed by atoms with E-state index in [0.717, 1.165) is 10.1 Å². The molecule has 0 N–H and O–H groups in total. The van der Waals surface area contributed by atoms with E-state index in [1.807, 2.05) is 11.4 Å². The van der Waals surface area contributed by atoms with Gasteiger partial charge in [-0.3, -0.25) is 18.2 Å². The number of halogens is 2. The summed E-state index contributed by atoms with van der Waals surface area (Å²) in [5, 5.41) is 3.15. The minimum Gasteiger partial charge on any atom is -0.292 e. The predicted molar refractivity (Wildman–Crippen MR) is 101 cm³/mol. The number of rotatable bonds is 5. The van der Waals surface area contributed by atoms with Crippen molar-refractivity contribution in [3.63, 3.8) is 0 Å². The highest BCUT2D eigenvalue weighted by molar-refractivity contribution is 7.74. The predicted octanol–water partition coefficient (Wildman–Crippen LogP) is 5.80. The normalized spacial score (nSPS) is 15.8. The van der Waals surface area contributed by atoms with E-state index in [2.05, 4.69) is 4.98 Å². The fourth-order valence-corrected chi connectivity index (χ4v) is 7.17. The van der Waals surface area contributed by atoms with Gasteiger partial charge in [-0.2, -0.15) is 0 Å². The summed E-state index contributed by atoms with van der Waals surface area (Å²) in [6.07, 6.45) is 4.38. The van der Waals surface area contributed by atoms with Gasteiger partial charge in [-0.1, -0.05) is 22.8 Å². The molecular formula is C14H12Cl2N2O3P2S. The maximum atomic E-state index is 13.1. The van der Waals surface area contributed by atoms with Crippen molar-refractivity contribution >= 4 is 65.7 Å². The topological polar surface area (TPSA) is 61.2 Å². The molecule has 0 aliphatic rings. The molecule has 3 rings (SSSR count). The van der Waals surface area contributed by atoms with Gasteiger partial charge in [0.25, 0.3) is 0 Å². The molecule has 2 heterocycles. The lowest BCUT2D eigenvalue weighted by molar-refractivity contribution is 0.0904. The molecule has 2 aromatic heterocycles. The van der Waals surface area contributed by atoms with Gasteiger partial charge in [0.15, 0.2) is 0 Å². The molecule has 0 radical (unpaired) electrons. The van der Waals surface area contributed by atoms with Gasteiger partial charge < -0.3 is 0 Å². The first-order valence-corrected chi connectivity index (χ1v) is 12.1. The Morgan fingerprint density at radius 1 is 1.50 bits per heavy atom. The number of imidazole rings is 1. The number of fused-ring (bicyclic) bond motifs is 1. The van der Waals surface area contributed by atoms with Crippen molar-refractivity contribution in [2.45, 2.75) is 5.66 Å². The van der Waals surface area contributed by atoms with E-state index in [4.69, 9.17) is 27.2 Å². The van der Waals surface area contributed by atoms with Gasteiger partial charge in [-0.15, -0.1) is 11.3 Å². The molecule has 0 fully saturated rings. The van der Waals surface area contributed by atoms with Gasteiger partial charge >= 0.3 is 0 Å². The lowest BCUT2D eigenvalue weighted by Gasteiger charge is -2.22. The third-order valence-corrected chi connectivity index (χ3v) is 8.54. The Morgan fingerprint density at radius 2 is 2.29 bits per heavy atom. The average Bonchev–Trinajstić information content (AvgIpc) is 3.17. The summed E-state index contributed by atoms with van der Waals surface area (Å²) in [4.78, 5) is 16.8. The Kier molecular flexibility index (Phi) is 5.45. The molecule has 10 heteroatoms. The molecule has 0 spiro atoms. The van der Waals surface area contributed by atoms with Crippen LogP contribution in [0.1, 0.15) is 16.0 Å². The molecule has 5 nitrogen and oxygen atoms in total. The third kappa shape index (κ3) is 3.45. The van der Waals surface area contributed by atoms with E-state index >= 15 is 0 Å². The molecule has 3 unspecified atom stereocenters. The fourth-order valence-electron chi connectivity index (χ4n) is 2.47. The first-order chi connectivity index (χ1) is 11.4. The molecule has 0 aliphatic heterocycles. The summed E-state index contributed by atoms with van der Waals surface area (Å²) < 4.78 is 20.6. The monoisotopic (exact) mass is 420 g/mol. The largest absolute Gasteiger partial charge is 0.292 e. The van der Waals surface area contributed by atoms with Gasteiger partial charge in [-0.05, 0) is 34.5 Å². The van der Waals surface area contributed by atoms with E-state index < -0.39 is 21.2 Å². The highest BCUT2D eigenvalue weighted by Crippen LogP contribution is 2.63. The summed E-state index contributed by atoms with van der Waals surface area (Å²) in [5.41, 5.74) is -0.359. The van der Waals surface area contributed by atoms with E-state index in [-0.39, 0.29) is 5.91 Å². The minimum absolute atomic E-state index is 0.382. The minimum atomic E-state index is -3.36. The standard InChI is InChI=1S/C14H12Cl2N2O3P2S/c1-23(20,21-22-16)13(14(19)18-5-4-17-8-18)11-7-24-12-3-2-9(15)6-10(11)12/h2-8,13,22H,1H3. The van der Waals surface area contributed by atoms with Crippen LogP contribution in [-0.2, 0) is 8.88 Å². The zero-order valence-corrected chi connectivity index (χ0v) is 16.6. The van der Waals surface area contributed by atoms with Crippen LogP contribution >= 0.6 is 49.7 Å². The van der Waals surface area contributed by atoms with Gasteiger partial charge in [0, 0.05) is 28.8 Å². The molecule has 24 heavy (non-hydrogen) atoms. The number of nitrogens with zero attached hydrogens (tertiary/aromatic N) is 2. The van der Waals surface area contributed by atoms with Crippen molar-refractivity contribution in [3.05, 3.63) is 52.9 Å². The number of thiophene rings is 1. The molecule has 126 valence electrons. The maximum Gasteiger partial charge on any atom is 0.249 e. The van der Waals surface area contributed by atoms with E-state index in [9.17, 15) is 9.36 Å². The molecule has 0 saturated heterocycles. The van der Waals surface area contributed by atoms with E-state index in [0.29, 0.717) is 10.6 Å². The zero-order chi connectivity index (χ0) is 17.3. The second kappa shape index (κ2) is 7.25. The van der Waals surface area contributed by atoms with Crippen LogP contribution in [0.15, 0.2) is 42.3 Å². The Bertz CT molecular complexity index is 929. The summed E-state index contributed by atoms with van der Waals surface area (Å²) in [5.74, 6) is -0.382. The van der Waals surface area contributed by atoms with Crippen molar-refractivity contribution in [1.82, 2.24) is 9.55 Å². The highest BCUT2D eigenvalue weighted by Gasteiger charge is 2.39. The Morgan fingerprint density at radius 3 is 2.96 bits per heavy atom. The number of aromatic nitrogens is 2. The highest BCUT2D eigenvalue weighted by atomic mass is 35.7. The van der Waals surface area contributed by atoms with Gasteiger partial charge in [0.05, 0.1) is 0 Å². The zero-order valence-electron chi connectivity index (χ0n) is 12.3. The number of benzene rings is 1. The van der Waals surface area contributed by atoms with Crippen molar-refractivity contribution in [2.24, 2.45) is 0 Å². The maximum absolute atomic E-state index is 13.1. The van der Waals surface area contributed by atoms with Crippen molar-refractivity contribution in [3.8, 4) is 0 Å². The van der Waals surface area contributed by atoms with Crippen LogP contribution in [0.25, 0.3) is 10.1 Å². The SMILES string of the molecule is CP(=O)(OPCl)C(C(=O)n1ccnc1)c1csc2ccc(Cl)cc12. The molecular weight excluding hydrogens is 409 g/mol. The molecule has 0 amide bonds. The fraction of sp³-hybridized carbons (Fsp3) is 0.143. The smallest absolute Gasteiger partial charge is 0.249 e. The summed E-state index contributed by atoms with van der Waals surface area (Å²) in [6.45, 7) is 1.43. The van der Waals surface area contributed by atoms with Crippen LogP contribution in [0.3, 0.4) is 0 Å². The lowest BCUT2D eigenvalue weighted by atomic mass is 10.1. The van der Waals surface area contributed by atoms with Crippen molar-refractivity contribution in [1.29, 1.82) is 0 Å². The number of hydrogen-bond acceptors (Lipinski definition) is 5. The van der Waals surface area contributed by atoms with Crippen LogP contribution in [0.2, 0.25) is 5.02 Å². The van der Waals surface area contributed by atoms with Crippen molar-refractivity contribution in [2.75, 3.05) is 6.66 Å². The van der Waals surface area contributed by atoms with Crippen LogP contribution in [0, 0.1) is 0 Å². The van der Waals surface area contributed by atoms with Crippen LogP contribution < -0.4 is 0 Å². The average molecular weight is 421 g/mol. The summed E-state index contributed by atoms with van der Waals surface area (Å²) >= 11 is 13.2. The molecule has 0 bridgehead atoms. The molecule has 0 aliphatic carbocycles. The van der Waals surface area contributed by atoms with Crippen LogP contribution in [0.5, 0.6) is 0 Å². The van der Waals surface area contributed by atoms with Gasteiger partial charge in [0.1, 0.15) is 20.1 Å². The first kappa shape index (κ1) is 18.1. The number of carbonyl (C=O) groups excluding carboxylic acids is 1. The molecule has 3 aromatic rings. The third-order valence-electron chi connectivity index (χ3n) is 3.54. The summed E-state index contributed by atoms with van der Waals surface area (Å²) in [7, 11) is -3.86. The van der Waals surface area contributed by atoms with E-state index in [1.165, 1.54) is 41.3 Å². The van der Waals surface area contributed by atoms with Gasteiger partial charge in [0.2, 0.25) is 13.3 Å². The lowest BCUT2D eigenvalue weighted by Crippen LogP contribution is -2.19. The molecule has 1 aromatic carbocycles. The molecule has 3 atom stereocenters. The number of carbonyl (C=O) groups is 1. The second-order valence-corrected chi connectivity index (χ2v) is 10.1. The van der Waals surface area contributed by atoms with E-state index in [1.54, 1.807) is 12.1 Å². The van der Waals surface area contributed by atoms with Crippen LogP contribution in [-0.4, -0.2) is 22.1 Å². The Balaban J connectivity index is 2.18. The van der Waals surface area contributed by atoms with Crippen LogP contribution in [0.4, 0.5) is 0 Å². The summed E-state index contributed by atoms with van der Waals surface area (Å²) in [6, 6.07) is 5.41. The van der Waals surface area contributed by atoms with Crippen molar-refractivity contribution < 1.29 is 13.7 Å². The second-order valence-electron chi connectivity index (χ2n) is 5.12. The van der Waals surface area contributed by atoms with Gasteiger partial charge in [-0.25, -0.2) is 4.98 Å². The Labute approximate surface area is 154 Å².